The molecule has 1 aliphatic heterocycles. The van der Waals surface area contributed by atoms with Crippen LogP contribution in [0, 0.1) is 5.92 Å². The quantitative estimate of drug-likeness (QED) is 0.676. The lowest BCUT2D eigenvalue weighted by atomic mass is 9.75. The van der Waals surface area contributed by atoms with E-state index in [9.17, 15) is 9.59 Å². The van der Waals surface area contributed by atoms with Gasteiger partial charge < -0.3 is 14.2 Å². The largest absolute Gasteiger partial charge is 0.495 e. The van der Waals surface area contributed by atoms with E-state index in [1.54, 1.807) is 26.8 Å². The van der Waals surface area contributed by atoms with Crippen LogP contribution in [-0.2, 0) is 19.1 Å². The molecule has 2 unspecified atom stereocenters. The second kappa shape index (κ2) is 8.76. The zero-order valence-electron chi connectivity index (χ0n) is 15.8. The average Bonchev–Trinajstić information content (AvgIpc) is 2.59. The molecular weight excluding hydrogens is 393 g/mol. The molecule has 2 atom stereocenters. The maximum atomic E-state index is 12.7. The fraction of sp³-hybridized carbons (Fsp3) is 0.421. The summed E-state index contributed by atoms with van der Waals surface area (Å²) in [5, 5.41) is 0.616. The summed E-state index contributed by atoms with van der Waals surface area (Å²) < 4.78 is 15.6. The zero-order valence-corrected chi connectivity index (χ0v) is 17.3. The minimum atomic E-state index is -0.846. The third kappa shape index (κ3) is 4.12. The van der Waals surface area contributed by atoms with E-state index in [2.05, 4.69) is 4.99 Å². The molecule has 0 saturated heterocycles. The number of rotatable bonds is 5. The number of halogens is 2. The number of carbonyl (C=O) groups is 2. The van der Waals surface area contributed by atoms with Crippen molar-refractivity contribution in [3.8, 4) is 5.75 Å². The van der Waals surface area contributed by atoms with Gasteiger partial charge in [0.1, 0.15) is 11.7 Å². The number of hydrogen-bond acceptors (Lipinski definition) is 6. The van der Waals surface area contributed by atoms with Crippen molar-refractivity contribution in [2.75, 3.05) is 20.8 Å². The minimum Gasteiger partial charge on any atom is -0.495 e. The van der Waals surface area contributed by atoms with Crippen molar-refractivity contribution in [2.24, 2.45) is 10.9 Å². The van der Waals surface area contributed by atoms with Gasteiger partial charge in [0.25, 0.3) is 0 Å². The Kier molecular flexibility index (Phi) is 6.89. The van der Waals surface area contributed by atoms with Gasteiger partial charge in [-0.25, -0.2) is 4.79 Å². The summed E-state index contributed by atoms with van der Waals surface area (Å²) in [5.41, 5.74) is 1.70. The van der Waals surface area contributed by atoms with E-state index in [1.807, 2.05) is 0 Å². The number of benzene rings is 1. The van der Waals surface area contributed by atoms with Gasteiger partial charge in [0.05, 0.1) is 31.4 Å². The highest BCUT2D eigenvalue weighted by atomic mass is 35.5. The Labute approximate surface area is 168 Å². The second-order valence-corrected chi connectivity index (χ2v) is 6.80. The lowest BCUT2D eigenvalue weighted by Crippen LogP contribution is -2.36. The highest BCUT2D eigenvalue weighted by molar-refractivity contribution is 6.35. The Balaban J connectivity index is 2.81. The van der Waals surface area contributed by atoms with Crippen LogP contribution in [0.2, 0.25) is 10.0 Å². The van der Waals surface area contributed by atoms with E-state index in [1.165, 1.54) is 20.3 Å². The lowest BCUT2D eigenvalue weighted by molar-refractivity contribution is -0.144. The van der Waals surface area contributed by atoms with Crippen LogP contribution in [-0.4, -0.2) is 38.5 Å². The topological polar surface area (TPSA) is 74.2 Å². The average molecular weight is 414 g/mol. The van der Waals surface area contributed by atoms with Crippen LogP contribution in [0.15, 0.2) is 28.4 Å². The van der Waals surface area contributed by atoms with E-state index in [0.29, 0.717) is 27.7 Å². The molecule has 0 amide bonds. The lowest BCUT2D eigenvalue weighted by Gasteiger charge is -2.32. The maximum absolute atomic E-state index is 12.7. The van der Waals surface area contributed by atoms with Crippen molar-refractivity contribution in [1.29, 1.82) is 0 Å². The van der Waals surface area contributed by atoms with Gasteiger partial charge in [0.2, 0.25) is 0 Å². The SMILES string of the molecule is CCOC(=O)C1=C(C)N=C(C)C(C(=O)OC)C1c1cc(Cl)cc(Cl)c1OC. The van der Waals surface area contributed by atoms with Crippen LogP contribution in [0.5, 0.6) is 5.75 Å². The molecule has 8 heteroatoms. The predicted molar refractivity (Wildman–Crippen MR) is 104 cm³/mol. The zero-order chi connectivity index (χ0) is 20.3. The van der Waals surface area contributed by atoms with E-state index in [0.717, 1.165) is 0 Å². The molecule has 2 rings (SSSR count). The van der Waals surface area contributed by atoms with Gasteiger partial charge in [-0.3, -0.25) is 9.79 Å². The highest BCUT2D eigenvalue weighted by Crippen LogP contribution is 2.46. The van der Waals surface area contributed by atoms with Gasteiger partial charge in [-0.05, 0) is 32.9 Å². The van der Waals surface area contributed by atoms with Gasteiger partial charge in [-0.15, -0.1) is 0 Å². The molecule has 146 valence electrons. The maximum Gasteiger partial charge on any atom is 0.336 e. The second-order valence-electron chi connectivity index (χ2n) is 5.96. The van der Waals surface area contributed by atoms with Crippen molar-refractivity contribution < 1.29 is 23.8 Å². The highest BCUT2D eigenvalue weighted by Gasteiger charge is 2.43. The first-order valence-corrected chi connectivity index (χ1v) is 9.06. The van der Waals surface area contributed by atoms with E-state index in [4.69, 9.17) is 37.4 Å². The first-order chi connectivity index (χ1) is 12.8. The van der Waals surface area contributed by atoms with Gasteiger partial charge in [-0.1, -0.05) is 23.2 Å². The fourth-order valence-corrected chi connectivity index (χ4v) is 3.89. The number of allylic oxidation sites excluding steroid dienone is 1. The van der Waals surface area contributed by atoms with Crippen LogP contribution in [0.25, 0.3) is 0 Å². The first-order valence-electron chi connectivity index (χ1n) is 8.30. The van der Waals surface area contributed by atoms with Gasteiger partial charge in [0.15, 0.2) is 0 Å². The molecule has 0 aliphatic carbocycles. The summed E-state index contributed by atoms with van der Waals surface area (Å²) >= 11 is 12.5. The molecule has 1 aromatic carbocycles. The number of carbonyl (C=O) groups excluding carboxylic acids is 2. The number of nitrogens with zero attached hydrogens (tertiary/aromatic N) is 1. The van der Waals surface area contributed by atoms with Gasteiger partial charge >= 0.3 is 11.9 Å². The fourth-order valence-electron chi connectivity index (χ4n) is 3.31. The van der Waals surface area contributed by atoms with E-state index >= 15 is 0 Å². The van der Waals surface area contributed by atoms with E-state index < -0.39 is 23.8 Å². The summed E-state index contributed by atoms with van der Waals surface area (Å²) in [6.07, 6.45) is 0. The minimum absolute atomic E-state index is 0.182. The summed E-state index contributed by atoms with van der Waals surface area (Å²) in [6, 6.07) is 3.15. The molecule has 0 spiro atoms. The summed E-state index contributed by atoms with van der Waals surface area (Å²) in [4.78, 5) is 29.7. The third-order valence-corrected chi connectivity index (χ3v) is 4.85. The van der Waals surface area contributed by atoms with Gasteiger partial charge in [0, 0.05) is 27.9 Å². The monoisotopic (exact) mass is 413 g/mol. The Morgan fingerprint density at radius 1 is 1.19 bits per heavy atom. The van der Waals surface area contributed by atoms with Crippen molar-refractivity contribution in [3.63, 3.8) is 0 Å². The smallest absolute Gasteiger partial charge is 0.336 e. The van der Waals surface area contributed by atoms with Crippen molar-refractivity contribution >= 4 is 40.9 Å². The van der Waals surface area contributed by atoms with E-state index in [-0.39, 0.29) is 17.2 Å². The van der Waals surface area contributed by atoms with Crippen LogP contribution >= 0.6 is 23.2 Å². The number of esters is 2. The van der Waals surface area contributed by atoms with Gasteiger partial charge in [-0.2, -0.15) is 0 Å². The molecular formula is C19H21Cl2NO5. The Morgan fingerprint density at radius 2 is 1.85 bits per heavy atom. The molecule has 0 radical (unpaired) electrons. The summed E-state index contributed by atoms with van der Waals surface area (Å²) in [7, 11) is 2.74. The summed E-state index contributed by atoms with van der Waals surface area (Å²) in [6.45, 7) is 5.28. The molecule has 27 heavy (non-hydrogen) atoms. The third-order valence-electron chi connectivity index (χ3n) is 4.36. The first kappa shape index (κ1) is 21.3. The predicted octanol–water partition coefficient (Wildman–Crippen LogP) is 4.19. The number of methoxy groups -OCH3 is 2. The molecule has 1 aromatic rings. The van der Waals surface area contributed by atoms with Crippen LogP contribution in [0.4, 0.5) is 0 Å². The molecule has 0 aromatic heterocycles. The molecule has 0 N–H and O–H groups in total. The number of hydrogen-bond donors (Lipinski definition) is 0. The van der Waals surface area contributed by atoms with Crippen molar-refractivity contribution in [1.82, 2.24) is 0 Å². The standard InChI is InChI=1S/C19H21Cl2NO5/c1-6-27-19(24)15-10(3)22-9(2)14(18(23)26-5)16(15)12-7-11(20)8-13(21)17(12)25-4/h7-8,14,16H,6H2,1-5H3. The normalized spacial score (nSPS) is 19.4. The molecule has 6 nitrogen and oxygen atoms in total. The van der Waals surface area contributed by atoms with Crippen molar-refractivity contribution in [3.05, 3.63) is 39.0 Å². The molecule has 1 aliphatic rings. The van der Waals surface area contributed by atoms with Crippen LogP contribution < -0.4 is 4.74 Å². The van der Waals surface area contributed by atoms with Crippen LogP contribution in [0.3, 0.4) is 0 Å². The summed E-state index contributed by atoms with van der Waals surface area (Å²) in [5.74, 6) is -2.39. The Morgan fingerprint density at radius 3 is 2.41 bits per heavy atom. The van der Waals surface area contributed by atoms with Crippen LogP contribution in [0.1, 0.15) is 32.3 Å². The molecule has 1 heterocycles. The molecule has 0 fully saturated rings. The molecule has 0 bridgehead atoms. The Bertz CT molecular complexity index is 832. The molecule has 0 saturated carbocycles. The number of aliphatic imine (C=N–C) groups is 1. The Hall–Kier alpha value is -2.05. The van der Waals surface area contributed by atoms with Crippen molar-refractivity contribution in [2.45, 2.75) is 26.7 Å². The number of ether oxygens (including phenoxy) is 3.